The molecule has 0 heterocycles. The number of aliphatic hydroxyl groups is 1. The van der Waals surface area contributed by atoms with Crippen molar-refractivity contribution in [3.63, 3.8) is 0 Å². The van der Waals surface area contributed by atoms with Gasteiger partial charge in [-0.3, -0.25) is 4.79 Å². The second-order valence-corrected chi connectivity index (χ2v) is 5.68. The molecule has 3 atom stereocenters. The summed E-state index contributed by atoms with van der Waals surface area (Å²) in [5.41, 5.74) is 5.54. The third-order valence-electron chi connectivity index (χ3n) is 4.22. The minimum Gasteiger partial charge on any atom is -0.488 e. The summed E-state index contributed by atoms with van der Waals surface area (Å²) in [7, 11) is 1.63. The average molecular weight is 322 g/mol. The van der Waals surface area contributed by atoms with Crippen LogP contribution < -0.4 is 10.5 Å². The van der Waals surface area contributed by atoms with E-state index in [0.29, 0.717) is 18.6 Å². The van der Waals surface area contributed by atoms with E-state index in [2.05, 4.69) is 0 Å². The molecule has 7 nitrogen and oxygen atoms in total. The molecule has 1 amide bonds. The Morgan fingerprint density at radius 3 is 2.52 bits per heavy atom. The lowest BCUT2D eigenvalue weighted by Crippen LogP contribution is -2.54. The molecule has 0 spiro atoms. The number of nitrogens with two attached hydrogens (primary N) is 1. The first kappa shape index (κ1) is 17.2. The second kappa shape index (κ2) is 7.43. The number of rotatable bonds is 5. The standard InChI is InChI=1S/C16H22N2O5/c1-18(14(19)9-17)12-3-2-4-13(15(12)20)23-11-7-5-10(6-8-11)16(21)22/h5-8,12-13,15,20H,2-4,9,17H2,1H3,(H,21,22)/t12-,13+,15+/m1/s1. The number of benzene rings is 1. The average Bonchev–Trinajstić information content (AvgIpc) is 2.56. The van der Waals surface area contributed by atoms with E-state index in [9.17, 15) is 14.7 Å². The Morgan fingerprint density at radius 2 is 1.96 bits per heavy atom. The first-order valence-corrected chi connectivity index (χ1v) is 7.58. The molecule has 0 aliphatic heterocycles. The number of hydrogen-bond donors (Lipinski definition) is 3. The fraction of sp³-hybridized carbons (Fsp3) is 0.500. The van der Waals surface area contributed by atoms with Gasteiger partial charge in [0.2, 0.25) is 5.91 Å². The predicted octanol–water partition coefficient (Wildman–Crippen LogP) is 0.463. The lowest BCUT2D eigenvalue weighted by Gasteiger charge is -2.39. The van der Waals surface area contributed by atoms with Crippen molar-refractivity contribution in [1.82, 2.24) is 4.90 Å². The Bertz CT molecular complexity index is 560. The van der Waals surface area contributed by atoms with Crippen molar-refractivity contribution in [1.29, 1.82) is 0 Å². The topological polar surface area (TPSA) is 113 Å². The monoisotopic (exact) mass is 322 g/mol. The van der Waals surface area contributed by atoms with Gasteiger partial charge in [0.15, 0.2) is 0 Å². The van der Waals surface area contributed by atoms with Crippen molar-refractivity contribution in [2.45, 2.75) is 37.5 Å². The largest absolute Gasteiger partial charge is 0.488 e. The molecule has 1 saturated carbocycles. The molecule has 0 saturated heterocycles. The zero-order valence-corrected chi connectivity index (χ0v) is 13.0. The number of carboxylic acid groups (broad SMARTS) is 1. The van der Waals surface area contributed by atoms with Crippen LogP contribution >= 0.6 is 0 Å². The van der Waals surface area contributed by atoms with Crippen LogP contribution in [0.15, 0.2) is 24.3 Å². The minimum absolute atomic E-state index is 0.0953. The number of aromatic carboxylic acids is 1. The molecule has 7 heteroatoms. The molecule has 1 aromatic carbocycles. The summed E-state index contributed by atoms with van der Waals surface area (Å²) >= 11 is 0. The van der Waals surface area contributed by atoms with E-state index in [1.807, 2.05) is 0 Å². The Hall–Kier alpha value is -2.12. The van der Waals surface area contributed by atoms with Gasteiger partial charge in [-0.2, -0.15) is 0 Å². The van der Waals surface area contributed by atoms with E-state index in [0.717, 1.165) is 6.42 Å². The van der Waals surface area contributed by atoms with Gasteiger partial charge in [0, 0.05) is 7.05 Å². The number of carboxylic acids is 1. The Morgan fingerprint density at radius 1 is 1.30 bits per heavy atom. The maximum absolute atomic E-state index is 11.7. The number of hydrogen-bond acceptors (Lipinski definition) is 5. The summed E-state index contributed by atoms with van der Waals surface area (Å²) in [5.74, 6) is -0.732. The normalized spacial score (nSPS) is 24.0. The maximum atomic E-state index is 11.7. The molecule has 0 unspecified atom stereocenters. The van der Waals surface area contributed by atoms with Gasteiger partial charge >= 0.3 is 5.97 Å². The highest BCUT2D eigenvalue weighted by atomic mass is 16.5. The fourth-order valence-electron chi connectivity index (χ4n) is 2.85. The van der Waals surface area contributed by atoms with E-state index in [-0.39, 0.29) is 24.1 Å². The third kappa shape index (κ3) is 4.00. The highest BCUT2D eigenvalue weighted by Gasteiger charge is 2.37. The van der Waals surface area contributed by atoms with Crippen molar-refractivity contribution >= 4 is 11.9 Å². The van der Waals surface area contributed by atoms with Crippen LogP contribution in [0, 0.1) is 0 Å². The Kier molecular flexibility index (Phi) is 5.57. The molecular formula is C16H22N2O5. The molecule has 126 valence electrons. The quantitative estimate of drug-likeness (QED) is 0.726. The molecule has 0 radical (unpaired) electrons. The van der Waals surface area contributed by atoms with Crippen molar-refractivity contribution in [2.24, 2.45) is 5.73 Å². The summed E-state index contributed by atoms with van der Waals surface area (Å²) in [6.45, 7) is -0.0953. The first-order valence-electron chi connectivity index (χ1n) is 7.58. The lowest BCUT2D eigenvalue weighted by molar-refractivity contribution is -0.136. The highest BCUT2D eigenvalue weighted by molar-refractivity contribution is 5.87. The number of likely N-dealkylation sites (N-methyl/N-ethyl adjacent to an activating group) is 1. The molecule has 4 N–H and O–H groups in total. The van der Waals surface area contributed by atoms with Gasteiger partial charge in [0.1, 0.15) is 18.0 Å². The Balaban J connectivity index is 2.04. The van der Waals surface area contributed by atoms with Crippen LogP contribution in [0.5, 0.6) is 5.75 Å². The molecular weight excluding hydrogens is 300 g/mol. The van der Waals surface area contributed by atoms with Crippen LogP contribution in [0.25, 0.3) is 0 Å². The van der Waals surface area contributed by atoms with E-state index in [1.165, 1.54) is 17.0 Å². The van der Waals surface area contributed by atoms with Crippen molar-refractivity contribution < 1.29 is 24.5 Å². The summed E-state index contributed by atoms with van der Waals surface area (Å²) in [5, 5.41) is 19.4. The minimum atomic E-state index is -1.00. The lowest BCUT2D eigenvalue weighted by atomic mass is 9.89. The van der Waals surface area contributed by atoms with Crippen LogP contribution in [0.3, 0.4) is 0 Å². The molecule has 2 rings (SSSR count). The number of ether oxygens (including phenoxy) is 1. The first-order chi connectivity index (χ1) is 10.9. The van der Waals surface area contributed by atoms with Crippen molar-refractivity contribution in [2.75, 3.05) is 13.6 Å². The van der Waals surface area contributed by atoms with Crippen LogP contribution in [0.1, 0.15) is 29.6 Å². The van der Waals surface area contributed by atoms with Gasteiger partial charge in [-0.05, 0) is 43.5 Å². The molecule has 1 aliphatic rings. The van der Waals surface area contributed by atoms with E-state index in [4.69, 9.17) is 15.6 Å². The van der Waals surface area contributed by atoms with Gasteiger partial charge in [0.25, 0.3) is 0 Å². The van der Waals surface area contributed by atoms with Crippen LogP contribution in [0.4, 0.5) is 0 Å². The number of carbonyl (C=O) groups is 2. The Labute approximate surface area is 134 Å². The highest BCUT2D eigenvalue weighted by Crippen LogP contribution is 2.27. The van der Waals surface area contributed by atoms with Gasteiger partial charge in [-0.1, -0.05) is 0 Å². The van der Waals surface area contributed by atoms with Crippen molar-refractivity contribution in [3.8, 4) is 5.75 Å². The van der Waals surface area contributed by atoms with E-state index < -0.39 is 18.2 Å². The van der Waals surface area contributed by atoms with E-state index >= 15 is 0 Å². The summed E-state index contributed by atoms with van der Waals surface area (Å²) in [6, 6.07) is 5.70. The number of amides is 1. The third-order valence-corrected chi connectivity index (χ3v) is 4.22. The van der Waals surface area contributed by atoms with Gasteiger partial charge in [-0.15, -0.1) is 0 Å². The van der Waals surface area contributed by atoms with Crippen LogP contribution in [0.2, 0.25) is 0 Å². The number of nitrogens with zero attached hydrogens (tertiary/aromatic N) is 1. The summed E-state index contributed by atoms with van der Waals surface area (Å²) < 4.78 is 5.78. The molecule has 1 aromatic rings. The van der Waals surface area contributed by atoms with Gasteiger partial charge in [0.05, 0.1) is 18.2 Å². The molecule has 0 bridgehead atoms. The van der Waals surface area contributed by atoms with Crippen LogP contribution in [-0.4, -0.2) is 58.8 Å². The predicted molar refractivity (Wildman–Crippen MR) is 83.3 cm³/mol. The summed E-state index contributed by atoms with van der Waals surface area (Å²) in [6.07, 6.45) is 0.923. The maximum Gasteiger partial charge on any atom is 0.335 e. The SMILES string of the molecule is CN(C(=O)CN)[C@@H]1CCC[C@H](Oc2ccc(C(=O)O)cc2)[C@H]1O. The van der Waals surface area contributed by atoms with E-state index in [1.54, 1.807) is 19.2 Å². The van der Waals surface area contributed by atoms with Crippen molar-refractivity contribution in [3.05, 3.63) is 29.8 Å². The smallest absolute Gasteiger partial charge is 0.335 e. The van der Waals surface area contributed by atoms with Crippen LogP contribution in [-0.2, 0) is 4.79 Å². The molecule has 1 fully saturated rings. The molecule has 0 aromatic heterocycles. The molecule has 1 aliphatic carbocycles. The summed E-state index contributed by atoms with van der Waals surface area (Å²) in [4.78, 5) is 24.0. The zero-order chi connectivity index (χ0) is 17.0. The van der Waals surface area contributed by atoms with Gasteiger partial charge < -0.3 is 25.6 Å². The fourth-order valence-corrected chi connectivity index (χ4v) is 2.85. The van der Waals surface area contributed by atoms with Gasteiger partial charge in [-0.25, -0.2) is 4.79 Å². The zero-order valence-electron chi connectivity index (χ0n) is 13.0. The number of carbonyl (C=O) groups excluding carboxylic acids is 1. The number of aliphatic hydroxyl groups excluding tert-OH is 1. The molecule has 23 heavy (non-hydrogen) atoms. The second-order valence-electron chi connectivity index (χ2n) is 5.68.